The second kappa shape index (κ2) is 7.93. The van der Waals surface area contributed by atoms with E-state index in [2.05, 4.69) is 0 Å². The average Bonchev–Trinajstić information content (AvgIpc) is 2.68. The molecule has 0 amide bonds. The SMILES string of the molecule is COc1ccc(S(=O)(=O)N(Cc2ccc(F)cc2F)c2ccc(F)cc2)cc1. The van der Waals surface area contributed by atoms with Crippen molar-refractivity contribution in [2.45, 2.75) is 11.4 Å². The van der Waals surface area contributed by atoms with Gasteiger partial charge in [-0.15, -0.1) is 0 Å². The maximum atomic E-state index is 14.1. The number of sulfonamides is 1. The summed E-state index contributed by atoms with van der Waals surface area (Å²) in [6.07, 6.45) is 0. The van der Waals surface area contributed by atoms with E-state index in [4.69, 9.17) is 4.74 Å². The molecule has 3 rings (SSSR count). The van der Waals surface area contributed by atoms with Gasteiger partial charge >= 0.3 is 0 Å². The zero-order valence-electron chi connectivity index (χ0n) is 14.8. The van der Waals surface area contributed by atoms with Crippen LogP contribution in [0.3, 0.4) is 0 Å². The molecule has 0 saturated carbocycles. The molecular formula is C20H16F3NO3S. The third-order valence-electron chi connectivity index (χ3n) is 4.09. The van der Waals surface area contributed by atoms with Crippen LogP contribution in [0.15, 0.2) is 71.6 Å². The van der Waals surface area contributed by atoms with Gasteiger partial charge in [0.25, 0.3) is 10.0 Å². The van der Waals surface area contributed by atoms with Gasteiger partial charge in [-0.05, 0) is 54.6 Å². The predicted molar refractivity (Wildman–Crippen MR) is 99.1 cm³/mol. The van der Waals surface area contributed by atoms with E-state index in [9.17, 15) is 21.6 Å². The zero-order chi connectivity index (χ0) is 20.3. The lowest BCUT2D eigenvalue weighted by Gasteiger charge is -2.25. The summed E-state index contributed by atoms with van der Waals surface area (Å²) in [5.41, 5.74) is 0.115. The van der Waals surface area contributed by atoms with Gasteiger partial charge in [0.2, 0.25) is 0 Å². The lowest BCUT2D eigenvalue weighted by atomic mass is 10.2. The van der Waals surface area contributed by atoms with Crippen LogP contribution in [0.4, 0.5) is 18.9 Å². The number of rotatable bonds is 6. The molecule has 0 radical (unpaired) electrons. The predicted octanol–water partition coefficient (Wildman–Crippen LogP) is 4.51. The van der Waals surface area contributed by atoms with E-state index in [1.165, 1.54) is 49.6 Å². The van der Waals surface area contributed by atoms with Crippen molar-refractivity contribution in [2.24, 2.45) is 0 Å². The van der Waals surface area contributed by atoms with Crippen molar-refractivity contribution >= 4 is 15.7 Å². The van der Waals surface area contributed by atoms with Crippen LogP contribution < -0.4 is 9.04 Å². The van der Waals surface area contributed by atoms with Gasteiger partial charge in [0.15, 0.2) is 0 Å². The van der Waals surface area contributed by atoms with E-state index in [1.54, 1.807) is 0 Å². The summed E-state index contributed by atoms with van der Waals surface area (Å²) in [6, 6.07) is 13.3. The Kier molecular flexibility index (Phi) is 5.60. The molecule has 0 fully saturated rings. The molecule has 0 spiro atoms. The third-order valence-corrected chi connectivity index (χ3v) is 5.88. The smallest absolute Gasteiger partial charge is 0.264 e. The maximum Gasteiger partial charge on any atom is 0.264 e. The molecule has 0 aliphatic rings. The summed E-state index contributed by atoms with van der Waals surface area (Å²) in [5, 5.41) is 0. The number of hydrogen-bond acceptors (Lipinski definition) is 3. The van der Waals surface area contributed by atoms with Gasteiger partial charge in [-0.2, -0.15) is 0 Å². The quantitative estimate of drug-likeness (QED) is 0.604. The Hall–Kier alpha value is -3.00. The van der Waals surface area contributed by atoms with Crippen molar-refractivity contribution in [3.8, 4) is 5.75 Å². The minimum atomic E-state index is -4.12. The number of halogens is 3. The highest BCUT2D eigenvalue weighted by atomic mass is 32.2. The van der Waals surface area contributed by atoms with Crippen LogP contribution in [0.2, 0.25) is 0 Å². The van der Waals surface area contributed by atoms with E-state index < -0.39 is 34.0 Å². The Morgan fingerprint density at radius 3 is 2.04 bits per heavy atom. The fraction of sp³-hybridized carbons (Fsp3) is 0.100. The molecule has 0 aliphatic heterocycles. The van der Waals surface area contributed by atoms with Crippen LogP contribution in [0, 0.1) is 17.5 Å². The molecule has 0 saturated heterocycles. The van der Waals surface area contributed by atoms with Crippen molar-refractivity contribution in [3.63, 3.8) is 0 Å². The summed E-state index contributed by atoms with van der Waals surface area (Å²) in [5.74, 6) is -1.72. The fourth-order valence-electron chi connectivity index (χ4n) is 2.60. The van der Waals surface area contributed by atoms with Gasteiger partial charge in [0, 0.05) is 11.6 Å². The van der Waals surface area contributed by atoms with Gasteiger partial charge in [-0.25, -0.2) is 21.6 Å². The second-order valence-electron chi connectivity index (χ2n) is 5.90. The molecule has 0 heterocycles. The minimum absolute atomic E-state index is 0.0252. The molecule has 146 valence electrons. The molecule has 0 aromatic heterocycles. The van der Waals surface area contributed by atoms with E-state index in [0.29, 0.717) is 11.8 Å². The summed E-state index contributed by atoms with van der Waals surface area (Å²) >= 11 is 0. The Bertz CT molecular complexity index is 1070. The lowest BCUT2D eigenvalue weighted by molar-refractivity contribution is 0.414. The van der Waals surface area contributed by atoms with Crippen LogP contribution >= 0.6 is 0 Å². The Morgan fingerprint density at radius 1 is 0.857 bits per heavy atom. The first kappa shape index (κ1) is 19.8. The minimum Gasteiger partial charge on any atom is -0.497 e. The highest BCUT2D eigenvalue weighted by molar-refractivity contribution is 7.92. The van der Waals surface area contributed by atoms with Crippen molar-refractivity contribution in [3.05, 3.63) is 89.7 Å². The number of ether oxygens (including phenoxy) is 1. The molecule has 28 heavy (non-hydrogen) atoms. The lowest BCUT2D eigenvalue weighted by Crippen LogP contribution is -2.31. The summed E-state index contributed by atoms with van der Waals surface area (Å²) in [7, 11) is -2.67. The van der Waals surface area contributed by atoms with Gasteiger partial charge in [-0.1, -0.05) is 6.07 Å². The summed E-state index contributed by atoms with van der Waals surface area (Å²) in [6.45, 7) is -0.397. The molecule has 0 N–H and O–H groups in total. The molecule has 3 aromatic carbocycles. The molecule has 0 atom stereocenters. The Labute approximate surface area is 160 Å². The molecular weight excluding hydrogens is 391 g/mol. The number of hydrogen-bond donors (Lipinski definition) is 0. The van der Waals surface area contributed by atoms with Crippen molar-refractivity contribution < 1.29 is 26.3 Å². The van der Waals surface area contributed by atoms with Crippen molar-refractivity contribution in [1.29, 1.82) is 0 Å². The number of anilines is 1. The highest BCUT2D eigenvalue weighted by Gasteiger charge is 2.26. The molecule has 8 heteroatoms. The Morgan fingerprint density at radius 2 is 1.46 bits per heavy atom. The number of methoxy groups -OCH3 is 1. The zero-order valence-corrected chi connectivity index (χ0v) is 15.6. The molecule has 0 aliphatic carbocycles. The molecule has 3 aromatic rings. The molecule has 0 bridgehead atoms. The number of benzene rings is 3. The van der Waals surface area contributed by atoms with Gasteiger partial charge < -0.3 is 4.74 Å². The maximum absolute atomic E-state index is 14.1. The largest absolute Gasteiger partial charge is 0.497 e. The average molecular weight is 407 g/mol. The summed E-state index contributed by atoms with van der Waals surface area (Å²) < 4.78 is 73.0. The van der Waals surface area contributed by atoms with Crippen LogP contribution in [0.1, 0.15) is 5.56 Å². The molecule has 0 unspecified atom stereocenters. The first-order valence-corrected chi connectivity index (χ1v) is 9.61. The number of nitrogens with zero attached hydrogens (tertiary/aromatic N) is 1. The van der Waals surface area contributed by atoms with Gasteiger partial charge in [0.1, 0.15) is 23.2 Å². The fourth-order valence-corrected chi connectivity index (χ4v) is 4.04. The third kappa shape index (κ3) is 4.12. The van der Waals surface area contributed by atoms with E-state index in [-0.39, 0.29) is 16.1 Å². The van der Waals surface area contributed by atoms with Crippen LogP contribution in [0.25, 0.3) is 0 Å². The van der Waals surface area contributed by atoms with Crippen LogP contribution in [-0.2, 0) is 16.6 Å². The standard InChI is InChI=1S/C20H16F3NO3S/c1-27-18-8-10-19(11-9-18)28(25,26)24(17-6-4-15(21)5-7-17)13-14-2-3-16(22)12-20(14)23/h2-12H,13H2,1H3. The van der Waals surface area contributed by atoms with E-state index in [1.807, 2.05) is 0 Å². The first-order chi connectivity index (χ1) is 13.3. The van der Waals surface area contributed by atoms with E-state index in [0.717, 1.165) is 22.5 Å². The van der Waals surface area contributed by atoms with Crippen LogP contribution in [0.5, 0.6) is 5.75 Å². The van der Waals surface area contributed by atoms with E-state index >= 15 is 0 Å². The van der Waals surface area contributed by atoms with Crippen LogP contribution in [-0.4, -0.2) is 15.5 Å². The van der Waals surface area contributed by atoms with Gasteiger partial charge in [0.05, 0.1) is 24.2 Å². The first-order valence-electron chi connectivity index (χ1n) is 8.17. The monoisotopic (exact) mass is 407 g/mol. The normalized spacial score (nSPS) is 11.3. The van der Waals surface area contributed by atoms with Crippen molar-refractivity contribution in [2.75, 3.05) is 11.4 Å². The summed E-state index contributed by atoms with van der Waals surface area (Å²) in [4.78, 5) is -0.0554. The Balaban J connectivity index is 2.07. The second-order valence-corrected chi connectivity index (χ2v) is 7.76. The van der Waals surface area contributed by atoms with Gasteiger partial charge in [-0.3, -0.25) is 4.31 Å². The van der Waals surface area contributed by atoms with Crippen molar-refractivity contribution in [1.82, 2.24) is 0 Å². The highest BCUT2D eigenvalue weighted by Crippen LogP contribution is 2.28. The molecule has 4 nitrogen and oxygen atoms in total. The topological polar surface area (TPSA) is 46.6 Å².